The Morgan fingerprint density at radius 2 is 2.05 bits per heavy atom. The third kappa shape index (κ3) is 3.43. The number of nitrogen functional groups attached to an aromatic ring is 1. The zero-order valence-corrected chi connectivity index (χ0v) is 13.0. The van der Waals surface area contributed by atoms with Crippen molar-refractivity contribution in [2.75, 3.05) is 12.3 Å². The van der Waals surface area contributed by atoms with E-state index in [0.29, 0.717) is 0 Å². The van der Waals surface area contributed by atoms with Gasteiger partial charge in [-0.2, -0.15) is 0 Å². The first kappa shape index (κ1) is 14.1. The molecule has 2 heterocycles. The molecule has 0 amide bonds. The summed E-state index contributed by atoms with van der Waals surface area (Å²) in [6.07, 6.45) is 5.31. The van der Waals surface area contributed by atoms with Crippen molar-refractivity contribution in [2.24, 2.45) is 0 Å². The Balaban J connectivity index is 1.71. The van der Waals surface area contributed by atoms with Crippen LogP contribution in [0.25, 0.3) is 4.96 Å². The number of hydrogen-bond acceptors (Lipinski definition) is 4. The maximum atomic E-state index is 5.75. The Hall–Kier alpha value is -1.85. The van der Waals surface area contributed by atoms with Crippen LogP contribution in [0, 0.1) is 0 Å². The van der Waals surface area contributed by atoms with Gasteiger partial charge in [0.05, 0.1) is 5.69 Å². The summed E-state index contributed by atoms with van der Waals surface area (Å²) in [6, 6.07) is 8.13. The number of rotatable bonds is 6. The van der Waals surface area contributed by atoms with Crippen LogP contribution in [0.1, 0.15) is 24.6 Å². The quantitative estimate of drug-likeness (QED) is 0.710. The zero-order valence-electron chi connectivity index (χ0n) is 12.2. The first-order valence-corrected chi connectivity index (χ1v) is 8.10. The van der Waals surface area contributed by atoms with Crippen molar-refractivity contribution in [3.05, 3.63) is 53.3 Å². The van der Waals surface area contributed by atoms with E-state index in [2.05, 4.69) is 51.1 Å². The topological polar surface area (TPSA) is 46.6 Å². The maximum Gasteiger partial charge on any atom is 0.193 e. The van der Waals surface area contributed by atoms with Crippen molar-refractivity contribution >= 4 is 22.0 Å². The van der Waals surface area contributed by atoms with Gasteiger partial charge in [-0.1, -0.05) is 19.1 Å². The van der Waals surface area contributed by atoms with Crippen LogP contribution in [-0.4, -0.2) is 20.8 Å². The molecule has 0 unspecified atom stereocenters. The molecule has 21 heavy (non-hydrogen) atoms. The summed E-state index contributed by atoms with van der Waals surface area (Å²) in [5.74, 6) is 0. The highest BCUT2D eigenvalue weighted by Crippen LogP contribution is 2.15. The van der Waals surface area contributed by atoms with Crippen molar-refractivity contribution in [1.29, 1.82) is 0 Å². The molecule has 0 fully saturated rings. The van der Waals surface area contributed by atoms with Gasteiger partial charge < -0.3 is 5.73 Å². The second-order valence-electron chi connectivity index (χ2n) is 5.28. The van der Waals surface area contributed by atoms with E-state index in [0.717, 1.165) is 42.4 Å². The highest BCUT2D eigenvalue weighted by atomic mass is 32.1. The third-order valence-corrected chi connectivity index (χ3v) is 4.23. The van der Waals surface area contributed by atoms with Gasteiger partial charge in [-0.3, -0.25) is 9.30 Å². The first-order chi connectivity index (χ1) is 10.2. The van der Waals surface area contributed by atoms with Crippen LogP contribution in [0.4, 0.5) is 5.69 Å². The fourth-order valence-corrected chi connectivity index (χ4v) is 3.21. The predicted molar refractivity (Wildman–Crippen MR) is 88.3 cm³/mol. The molecule has 3 aromatic rings. The van der Waals surface area contributed by atoms with E-state index < -0.39 is 0 Å². The Labute approximate surface area is 128 Å². The van der Waals surface area contributed by atoms with Crippen molar-refractivity contribution in [1.82, 2.24) is 14.3 Å². The summed E-state index contributed by atoms with van der Waals surface area (Å²) in [6.45, 7) is 5.09. The van der Waals surface area contributed by atoms with Crippen LogP contribution in [0.5, 0.6) is 0 Å². The number of fused-ring (bicyclic) bond motifs is 1. The lowest BCUT2D eigenvalue weighted by molar-refractivity contribution is 0.255. The summed E-state index contributed by atoms with van der Waals surface area (Å²) in [7, 11) is 0. The van der Waals surface area contributed by atoms with E-state index in [4.69, 9.17) is 5.73 Å². The average molecular weight is 300 g/mol. The molecule has 2 aromatic heterocycles. The number of nitrogens with two attached hydrogens (primary N) is 1. The van der Waals surface area contributed by atoms with Gasteiger partial charge in [0.2, 0.25) is 0 Å². The molecule has 2 N–H and O–H groups in total. The molecule has 0 atom stereocenters. The fourth-order valence-electron chi connectivity index (χ4n) is 2.49. The van der Waals surface area contributed by atoms with Gasteiger partial charge in [0, 0.05) is 36.6 Å². The number of benzene rings is 1. The van der Waals surface area contributed by atoms with Gasteiger partial charge in [-0.05, 0) is 30.7 Å². The lowest BCUT2D eigenvalue weighted by atomic mass is 10.2. The van der Waals surface area contributed by atoms with Crippen molar-refractivity contribution in [2.45, 2.75) is 26.4 Å². The largest absolute Gasteiger partial charge is 0.399 e. The molecule has 3 rings (SSSR count). The zero-order chi connectivity index (χ0) is 14.7. The van der Waals surface area contributed by atoms with Gasteiger partial charge in [0.25, 0.3) is 0 Å². The molecule has 0 aliphatic carbocycles. The first-order valence-electron chi connectivity index (χ1n) is 7.22. The van der Waals surface area contributed by atoms with Gasteiger partial charge in [0.15, 0.2) is 4.96 Å². The second-order valence-corrected chi connectivity index (χ2v) is 6.15. The summed E-state index contributed by atoms with van der Waals surface area (Å²) < 4.78 is 2.09. The van der Waals surface area contributed by atoms with Gasteiger partial charge >= 0.3 is 0 Å². The Morgan fingerprint density at radius 1 is 1.24 bits per heavy atom. The van der Waals surface area contributed by atoms with E-state index in [1.807, 2.05) is 12.1 Å². The molecule has 0 saturated heterocycles. The summed E-state index contributed by atoms with van der Waals surface area (Å²) >= 11 is 1.67. The Kier molecular flexibility index (Phi) is 4.22. The number of hydrogen-bond donors (Lipinski definition) is 1. The van der Waals surface area contributed by atoms with Crippen molar-refractivity contribution in [3.8, 4) is 0 Å². The second kappa shape index (κ2) is 6.28. The molecule has 0 spiro atoms. The van der Waals surface area contributed by atoms with E-state index >= 15 is 0 Å². The number of aromatic nitrogens is 2. The highest BCUT2D eigenvalue weighted by molar-refractivity contribution is 7.15. The smallest absolute Gasteiger partial charge is 0.193 e. The SMILES string of the molecule is CCCN(Cc1ccc(N)cc1)Cc1cn2ccsc2n1. The van der Waals surface area contributed by atoms with Gasteiger partial charge in [-0.25, -0.2) is 4.98 Å². The Morgan fingerprint density at radius 3 is 2.76 bits per heavy atom. The molecule has 110 valence electrons. The number of imidazole rings is 1. The average Bonchev–Trinajstić information content (AvgIpc) is 3.02. The van der Waals surface area contributed by atoms with Crippen LogP contribution in [0.15, 0.2) is 42.0 Å². The number of anilines is 1. The molecule has 0 aliphatic heterocycles. The lowest BCUT2D eigenvalue weighted by Crippen LogP contribution is -2.23. The molecule has 4 nitrogen and oxygen atoms in total. The fraction of sp³-hybridized carbons (Fsp3) is 0.312. The molecule has 5 heteroatoms. The lowest BCUT2D eigenvalue weighted by Gasteiger charge is -2.20. The normalized spacial score (nSPS) is 11.5. The summed E-state index contributed by atoms with van der Waals surface area (Å²) in [5.41, 5.74) is 8.98. The molecular weight excluding hydrogens is 280 g/mol. The molecule has 0 bridgehead atoms. The maximum absolute atomic E-state index is 5.75. The van der Waals surface area contributed by atoms with E-state index in [1.165, 1.54) is 5.56 Å². The number of nitrogens with zero attached hydrogens (tertiary/aromatic N) is 3. The third-order valence-electron chi connectivity index (χ3n) is 3.45. The van der Waals surface area contributed by atoms with Crippen molar-refractivity contribution in [3.63, 3.8) is 0 Å². The minimum Gasteiger partial charge on any atom is -0.399 e. The van der Waals surface area contributed by atoms with Gasteiger partial charge in [-0.15, -0.1) is 11.3 Å². The highest BCUT2D eigenvalue weighted by Gasteiger charge is 2.09. The van der Waals surface area contributed by atoms with E-state index in [1.54, 1.807) is 11.3 Å². The molecule has 0 radical (unpaired) electrons. The standard InChI is InChI=1S/C16H20N4S/c1-2-7-19(10-13-3-5-14(17)6-4-13)11-15-12-20-8-9-21-16(20)18-15/h3-6,8-9,12H,2,7,10-11,17H2,1H3. The van der Waals surface area contributed by atoms with E-state index in [9.17, 15) is 0 Å². The molecule has 1 aromatic carbocycles. The molecular formula is C16H20N4S. The van der Waals surface area contributed by atoms with Crippen LogP contribution in [-0.2, 0) is 13.1 Å². The molecule has 0 saturated carbocycles. The van der Waals surface area contributed by atoms with Crippen molar-refractivity contribution < 1.29 is 0 Å². The van der Waals surface area contributed by atoms with Crippen LogP contribution in [0.2, 0.25) is 0 Å². The predicted octanol–water partition coefficient (Wildman–Crippen LogP) is 3.39. The van der Waals surface area contributed by atoms with Gasteiger partial charge in [0.1, 0.15) is 0 Å². The van der Waals surface area contributed by atoms with Crippen LogP contribution < -0.4 is 5.73 Å². The van der Waals surface area contributed by atoms with E-state index in [-0.39, 0.29) is 0 Å². The molecule has 0 aliphatic rings. The minimum atomic E-state index is 0.815. The Bertz CT molecular complexity index is 670. The number of thiazole rings is 1. The van der Waals surface area contributed by atoms with Crippen LogP contribution >= 0.6 is 11.3 Å². The monoisotopic (exact) mass is 300 g/mol. The summed E-state index contributed by atoms with van der Waals surface area (Å²) in [5, 5.41) is 2.06. The van der Waals surface area contributed by atoms with Crippen LogP contribution in [0.3, 0.4) is 0 Å². The minimum absolute atomic E-state index is 0.815. The summed E-state index contributed by atoms with van der Waals surface area (Å²) in [4.78, 5) is 8.16.